The lowest BCUT2D eigenvalue weighted by Gasteiger charge is -2.35. The van der Waals surface area contributed by atoms with E-state index < -0.39 is 15.6 Å². The van der Waals surface area contributed by atoms with Gasteiger partial charge in [0.15, 0.2) is 0 Å². The summed E-state index contributed by atoms with van der Waals surface area (Å²) >= 11 is 0. The van der Waals surface area contributed by atoms with Gasteiger partial charge in [-0.1, -0.05) is 0 Å². The van der Waals surface area contributed by atoms with Crippen LogP contribution in [0.15, 0.2) is 11.1 Å². The van der Waals surface area contributed by atoms with Gasteiger partial charge in [-0.15, -0.1) is 0 Å². The van der Waals surface area contributed by atoms with E-state index in [4.69, 9.17) is 4.74 Å². The number of nitrogens with zero attached hydrogens (tertiary/aromatic N) is 3. The van der Waals surface area contributed by atoms with Crippen molar-refractivity contribution in [2.45, 2.75) is 30.2 Å². The van der Waals surface area contributed by atoms with Crippen LogP contribution >= 0.6 is 0 Å². The van der Waals surface area contributed by atoms with E-state index in [-0.39, 0.29) is 24.0 Å². The van der Waals surface area contributed by atoms with E-state index in [0.717, 1.165) is 0 Å². The Balaban J connectivity index is 2.53. The highest BCUT2D eigenvalue weighted by molar-refractivity contribution is 7.89. The van der Waals surface area contributed by atoms with Gasteiger partial charge < -0.3 is 10.1 Å². The highest BCUT2D eigenvalue weighted by Gasteiger charge is 2.53. The van der Waals surface area contributed by atoms with Crippen LogP contribution in [0.2, 0.25) is 0 Å². The summed E-state index contributed by atoms with van der Waals surface area (Å²) in [5.74, 6) is -0.350. The molecule has 1 aromatic heterocycles. The zero-order valence-corrected chi connectivity index (χ0v) is 14.1. The Morgan fingerprint density at radius 1 is 1.55 bits per heavy atom. The van der Waals surface area contributed by atoms with Crippen LogP contribution in [0.5, 0.6) is 0 Å². The van der Waals surface area contributed by atoms with Gasteiger partial charge in [-0.05, 0) is 19.8 Å². The van der Waals surface area contributed by atoms with E-state index in [2.05, 4.69) is 10.4 Å². The Hall–Kier alpha value is -1.45. The van der Waals surface area contributed by atoms with Crippen LogP contribution in [0.4, 0.5) is 0 Å². The largest absolute Gasteiger partial charge is 0.382 e. The van der Waals surface area contributed by atoms with Crippen LogP contribution in [0.3, 0.4) is 0 Å². The topological polar surface area (TPSA) is 93.5 Å². The monoisotopic (exact) mass is 330 g/mol. The van der Waals surface area contributed by atoms with Crippen molar-refractivity contribution < 1.29 is 17.9 Å². The molecule has 0 aromatic carbocycles. The predicted octanol–water partition coefficient (Wildman–Crippen LogP) is -0.356. The molecule has 0 radical (unpaired) electrons. The van der Waals surface area contributed by atoms with Gasteiger partial charge in [0.25, 0.3) is 0 Å². The van der Waals surface area contributed by atoms with Crippen molar-refractivity contribution in [1.82, 2.24) is 19.4 Å². The summed E-state index contributed by atoms with van der Waals surface area (Å²) in [7, 11) is 0.815. The lowest BCUT2D eigenvalue weighted by molar-refractivity contribution is -0.131. The van der Waals surface area contributed by atoms with Crippen LogP contribution in [-0.2, 0) is 26.6 Å². The molecule has 2 rings (SSSR count). The van der Waals surface area contributed by atoms with Gasteiger partial charge in [0, 0.05) is 27.7 Å². The van der Waals surface area contributed by atoms with Gasteiger partial charge >= 0.3 is 0 Å². The lowest BCUT2D eigenvalue weighted by Crippen LogP contribution is -2.59. The van der Waals surface area contributed by atoms with E-state index in [1.165, 1.54) is 29.3 Å². The second kappa shape index (κ2) is 5.98. The third-order valence-electron chi connectivity index (χ3n) is 4.22. The Kier molecular flexibility index (Phi) is 4.59. The Labute approximate surface area is 130 Å². The average Bonchev–Trinajstić information content (AvgIpc) is 3.05. The normalized spacial score (nSPS) is 22.9. The molecule has 22 heavy (non-hydrogen) atoms. The number of methoxy groups -OCH3 is 1. The van der Waals surface area contributed by atoms with Gasteiger partial charge in [-0.2, -0.15) is 9.40 Å². The molecule has 1 N–H and O–H groups in total. The summed E-state index contributed by atoms with van der Waals surface area (Å²) in [6, 6.07) is 0. The van der Waals surface area contributed by atoms with Crippen molar-refractivity contribution in [3.8, 4) is 0 Å². The molecule has 1 aliphatic rings. The molecule has 1 fully saturated rings. The maximum Gasteiger partial charge on any atom is 0.247 e. The number of aromatic nitrogens is 2. The molecule has 1 atom stereocenters. The summed E-state index contributed by atoms with van der Waals surface area (Å²) < 4.78 is 34.0. The smallest absolute Gasteiger partial charge is 0.247 e. The molecular weight excluding hydrogens is 308 g/mol. The highest BCUT2D eigenvalue weighted by atomic mass is 32.2. The van der Waals surface area contributed by atoms with E-state index >= 15 is 0 Å². The molecule has 1 aromatic rings. The minimum Gasteiger partial charge on any atom is -0.382 e. The maximum atomic E-state index is 13.0. The summed E-state index contributed by atoms with van der Waals surface area (Å²) in [4.78, 5) is 12.5. The van der Waals surface area contributed by atoms with Crippen LogP contribution < -0.4 is 5.32 Å². The van der Waals surface area contributed by atoms with Crippen molar-refractivity contribution in [3.05, 3.63) is 11.9 Å². The molecule has 0 saturated carbocycles. The van der Waals surface area contributed by atoms with Gasteiger partial charge in [0.1, 0.15) is 10.4 Å². The van der Waals surface area contributed by atoms with Gasteiger partial charge in [0.2, 0.25) is 15.9 Å². The standard InChI is InChI=1S/C13H22N4O4S/c1-10-11(8-15-16(10)3)22(19,20)17-7-5-6-13(17,9-21-4)12(18)14-2/h8H,5-7,9H2,1-4H3,(H,14,18). The van der Waals surface area contributed by atoms with Crippen LogP contribution in [-0.4, -0.2) is 61.3 Å². The lowest BCUT2D eigenvalue weighted by atomic mass is 9.97. The second-order valence-corrected chi connectivity index (χ2v) is 7.27. The quantitative estimate of drug-likeness (QED) is 0.796. The number of carbonyl (C=O) groups is 1. The van der Waals surface area contributed by atoms with Gasteiger partial charge in [0.05, 0.1) is 18.5 Å². The van der Waals surface area contributed by atoms with Crippen LogP contribution in [0.1, 0.15) is 18.5 Å². The van der Waals surface area contributed by atoms with E-state index in [1.807, 2.05) is 0 Å². The number of rotatable bonds is 5. The Morgan fingerprint density at radius 3 is 2.73 bits per heavy atom. The van der Waals surface area contributed by atoms with Crippen molar-refractivity contribution in [1.29, 1.82) is 0 Å². The first-order valence-corrected chi connectivity index (χ1v) is 8.48. The number of sulfonamides is 1. The fourth-order valence-electron chi connectivity index (χ4n) is 2.96. The van der Waals surface area contributed by atoms with Crippen LogP contribution in [0, 0.1) is 6.92 Å². The molecule has 1 aliphatic heterocycles. The third kappa shape index (κ3) is 2.42. The molecule has 1 unspecified atom stereocenters. The average molecular weight is 330 g/mol. The molecule has 0 spiro atoms. The third-order valence-corrected chi connectivity index (χ3v) is 6.29. The van der Waals surface area contributed by atoms with E-state index in [9.17, 15) is 13.2 Å². The van der Waals surface area contributed by atoms with Crippen molar-refractivity contribution >= 4 is 15.9 Å². The summed E-state index contributed by atoms with van der Waals surface area (Å²) in [5.41, 5.74) is -0.667. The Morgan fingerprint density at radius 2 is 2.23 bits per heavy atom. The first-order valence-electron chi connectivity index (χ1n) is 7.04. The molecule has 0 aliphatic carbocycles. The van der Waals surface area contributed by atoms with Crippen LogP contribution in [0.25, 0.3) is 0 Å². The number of carbonyl (C=O) groups excluding carboxylic acids is 1. The molecule has 124 valence electrons. The van der Waals surface area contributed by atoms with E-state index in [1.54, 1.807) is 14.0 Å². The number of ether oxygens (including phenoxy) is 1. The number of aryl methyl sites for hydroxylation is 1. The minimum atomic E-state index is -3.82. The number of likely N-dealkylation sites (N-methyl/N-ethyl adjacent to an activating group) is 1. The molecular formula is C13H22N4O4S. The summed E-state index contributed by atoms with van der Waals surface area (Å²) in [6.45, 7) is 1.99. The summed E-state index contributed by atoms with van der Waals surface area (Å²) in [5, 5.41) is 6.55. The zero-order valence-electron chi connectivity index (χ0n) is 13.3. The number of nitrogens with one attached hydrogen (secondary N) is 1. The van der Waals surface area contributed by atoms with Crippen molar-refractivity contribution in [3.63, 3.8) is 0 Å². The van der Waals surface area contributed by atoms with E-state index in [0.29, 0.717) is 18.5 Å². The Bertz CT molecular complexity index is 670. The SMILES string of the molecule is CNC(=O)C1(COC)CCCN1S(=O)(=O)c1cnn(C)c1C. The fraction of sp³-hybridized carbons (Fsp3) is 0.692. The minimum absolute atomic E-state index is 0.0191. The first-order chi connectivity index (χ1) is 10.3. The fourth-order valence-corrected chi connectivity index (χ4v) is 4.94. The zero-order chi connectivity index (χ0) is 16.5. The molecule has 1 saturated heterocycles. The number of hydrogen-bond donors (Lipinski definition) is 1. The van der Waals surface area contributed by atoms with Gasteiger partial charge in [-0.3, -0.25) is 9.48 Å². The second-order valence-electron chi connectivity index (χ2n) is 5.44. The predicted molar refractivity (Wildman–Crippen MR) is 79.7 cm³/mol. The molecule has 0 bridgehead atoms. The first kappa shape index (κ1) is 16.9. The van der Waals surface area contributed by atoms with Crippen molar-refractivity contribution in [2.24, 2.45) is 7.05 Å². The number of amides is 1. The maximum absolute atomic E-state index is 13.0. The molecule has 1 amide bonds. The molecule has 8 nitrogen and oxygen atoms in total. The number of hydrogen-bond acceptors (Lipinski definition) is 5. The molecule has 9 heteroatoms. The van der Waals surface area contributed by atoms with Gasteiger partial charge in [-0.25, -0.2) is 8.42 Å². The highest BCUT2D eigenvalue weighted by Crippen LogP contribution is 2.36. The molecule has 2 heterocycles. The van der Waals surface area contributed by atoms with Crippen molar-refractivity contribution in [2.75, 3.05) is 27.3 Å². The summed E-state index contributed by atoms with van der Waals surface area (Å²) in [6.07, 6.45) is 2.36.